The lowest BCUT2D eigenvalue weighted by atomic mass is 10.1. The van der Waals surface area contributed by atoms with Crippen LogP contribution in [0.2, 0.25) is 0 Å². The number of aliphatic hydroxyl groups excluding tert-OH is 1. The fourth-order valence-corrected chi connectivity index (χ4v) is 0.996. The van der Waals surface area contributed by atoms with E-state index in [4.69, 9.17) is 5.11 Å². The second-order valence-corrected chi connectivity index (χ2v) is 3.25. The molecule has 0 aliphatic rings. The van der Waals surface area contributed by atoms with Crippen LogP contribution in [0.1, 0.15) is 46.0 Å². The molecule has 74 valence electrons. The maximum Gasteiger partial charge on any atom is 0.273 e. The van der Waals surface area contributed by atoms with Crippen molar-refractivity contribution in [2.24, 2.45) is 0 Å². The van der Waals surface area contributed by atoms with Crippen LogP contribution in [0, 0.1) is 0 Å². The van der Waals surface area contributed by atoms with Gasteiger partial charge in [0.05, 0.1) is 0 Å². The molecule has 3 heteroatoms. The maximum atomic E-state index is 12.7. The van der Waals surface area contributed by atoms with E-state index in [0.29, 0.717) is 6.42 Å². The van der Waals surface area contributed by atoms with Crippen molar-refractivity contribution in [3.63, 3.8) is 0 Å². The molecule has 0 heterocycles. The maximum absolute atomic E-state index is 12.7. The molecular weight excluding hydrogens is 162 g/mol. The van der Waals surface area contributed by atoms with E-state index in [9.17, 15) is 8.78 Å². The first-order valence-electron chi connectivity index (χ1n) is 4.56. The van der Waals surface area contributed by atoms with Gasteiger partial charge in [-0.2, -0.15) is 0 Å². The highest BCUT2D eigenvalue weighted by molar-refractivity contribution is 4.71. The molecule has 0 saturated carbocycles. The van der Waals surface area contributed by atoms with Crippen molar-refractivity contribution in [2.75, 3.05) is 0 Å². The van der Waals surface area contributed by atoms with Crippen molar-refractivity contribution in [1.82, 2.24) is 0 Å². The molecular formula is C9H18F2O. The van der Waals surface area contributed by atoms with Gasteiger partial charge in [-0.15, -0.1) is 0 Å². The molecule has 0 amide bonds. The van der Waals surface area contributed by atoms with Crippen molar-refractivity contribution in [3.05, 3.63) is 0 Å². The van der Waals surface area contributed by atoms with E-state index in [2.05, 4.69) is 0 Å². The van der Waals surface area contributed by atoms with Gasteiger partial charge < -0.3 is 5.11 Å². The van der Waals surface area contributed by atoms with Gasteiger partial charge in [-0.3, -0.25) is 0 Å². The summed E-state index contributed by atoms with van der Waals surface area (Å²) in [6, 6.07) is 0. The van der Waals surface area contributed by atoms with Gasteiger partial charge >= 0.3 is 0 Å². The molecule has 0 aromatic rings. The predicted octanol–water partition coefficient (Wildman–Crippen LogP) is 2.97. The Morgan fingerprint density at radius 2 is 1.83 bits per heavy atom. The molecule has 0 fully saturated rings. The molecule has 0 bridgehead atoms. The quantitative estimate of drug-likeness (QED) is 0.623. The van der Waals surface area contributed by atoms with Gasteiger partial charge in [-0.25, -0.2) is 8.78 Å². The van der Waals surface area contributed by atoms with Crippen LogP contribution in [-0.4, -0.2) is 17.1 Å². The lowest BCUT2D eigenvalue weighted by molar-refractivity contribution is -0.106. The SMILES string of the molecule is CCCCCCC(F)(F)C(C)O. The standard InChI is InChI=1S/C9H18F2O/c1-3-4-5-6-7-9(10,11)8(2)12/h8,12H,3-7H2,1-2H3. The molecule has 0 aliphatic heterocycles. The number of unbranched alkanes of at least 4 members (excludes halogenated alkanes) is 3. The van der Waals surface area contributed by atoms with Crippen molar-refractivity contribution in [3.8, 4) is 0 Å². The number of halogens is 2. The summed E-state index contributed by atoms with van der Waals surface area (Å²) in [5.74, 6) is -2.90. The van der Waals surface area contributed by atoms with Gasteiger partial charge in [0.15, 0.2) is 0 Å². The number of hydrogen-bond acceptors (Lipinski definition) is 1. The molecule has 1 atom stereocenters. The van der Waals surface area contributed by atoms with Crippen LogP contribution in [0.5, 0.6) is 0 Å². The topological polar surface area (TPSA) is 20.2 Å². The van der Waals surface area contributed by atoms with Gasteiger partial charge in [0.2, 0.25) is 0 Å². The van der Waals surface area contributed by atoms with E-state index < -0.39 is 12.0 Å². The molecule has 0 aliphatic carbocycles. The fraction of sp³-hybridized carbons (Fsp3) is 1.00. The first-order chi connectivity index (χ1) is 5.50. The molecule has 1 N–H and O–H groups in total. The number of aliphatic hydroxyl groups is 1. The highest BCUT2D eigenvalue weighted by Gasteiger charge is 2.33. The Bertz CT molecular complexity index is 113. The summed E-state index contributed by atoms with van der Waals surface area (Å²) in [6.07, 6.45) is 1.67. The summed E-state index contributed by atoms with van der Waals surface area (Å²) in [5.41, 5.74) is 0. The largest absolute Gasteiger partial charge is 0.387 e. The van der Waals surface area contributed by atoms with E-state index >= 15 is 0 Å². The lowest BCUT2D eigenvalue weighted by Gasteiger charge is -2.18. The second kappa shape index (κ2) is 5.46. The molecule has 1 nitrogen and oxygen atoms in total. The van der Waals surface area contributed by atoms with Crippen LogP contribution in [0.3, 0.4) is 0 Å². The summed E-state index contributed by atoms with van der Waals surface area (Å²) < 4.78 is 25.4. The van der Waals surface area contributed by atoms with E-state index in [1.54, 1.807) is 0 Å². The van der Waals surface area contributed by atoms with Gasteiger partial charge in [0, 0.05) is 6.42 Å². The molecule has 12 heavy (non-hydrogen) atoms. The van der Waals surface area contributed by atoms with Crippen molar-refractivity contribution in [1.29, 1.82) is 0 Å². The number of alkyl halides is 2. The molecule has 0 aromatic carbocycles. The summed E-state index contributed by atoms with van der Waals surface area (Å²) in [5, 5.41) is 8.69. The number of rotatable bonds is 6. The Hall–Kier alpha value is -0.180. The minimum Gasteiger partial charge on any atom is -0.387 e. The van der Waals surface area contributed by atoms with Gasteiger partial charge in [-0.1, -0.05) is 26.2 Å². The van der Waals surface area contributed by atoms with Crippen LogP contribution >= 0.6 is 0 Å². The Kier molecular flexibility index (Phi) is 5.38. The van der Waals surface area contributed by atoms with E-state index in [-0.39, 0.29) is 6.42 Å². The Balaban J connectivity index is 3.47. The van der Waals surface area contributed by atoms with Crippen LogP contribution in [0.25, 0.3) is 0 Å². The van der Waals surface area contributed by atoms with Crippen molar-refractivity contribution in [2.45, 2.75) is 58.0 Å². The van der Waals surface area contributed by atoms with Crippen molar-refractivity contribution >= 4 is 0 Å². The molecule has 0 saturated heterocycles. The average Bonchev–Trinajstić information content (AvgIpc) is 1.98. The van der Waals surface area contributed by atoms with Crippen LogP contribution < -0.4 is 0 Å². The molecule has 0 aromatic heterocycles. The normalized spacial score (nSPS) is 14.8. The average molecular weight is 180 g/mol. The molecule has 0 spiro atoms. The Morgan fingerprint density at radius 3 is 2.25 bits per heavy atom. The third kappa shape index (κ3) is 4.65. The van der Waals surface area contributed by atoms with Gasteiger partial charge in [0.25, 0.3) is 5.92 Å². The smallest absolute Gasteiger partial charge is 0.273 e. The van der Waals surface area contributed by atoms with Gasteiger partial charge in [0.1, 0.15) is 6.10 Å². The lowest BCUT2D eigenvalue weighted by Crippen LogP contribution is -2.30. The van der Waals surface area contributed by atoms with Crippen molar-refractivity contribution < 1.29 is 13.9 Å². The molecule has 0 rings (SSSR count). The third-order valence-corrected chi connectivity index (χ3v) is 1.97. The summed E-state index contributed by atoms with van der Waals surface area (Å²) in [4.78, 5) is 0. The number of hydrogen-bond donors (Lipinski definition) is 1. The van der Waals surface area contributed by atoms with E-state index in [1.165, 1.54) is 0 Å². The Labute approximate surface area is 72.8 Å². The fourth-order valence-electron chi connectivity index (χ4n) is 0.996. The van der Waals surface area contributed by atoms with E-state index in [1.807, 2.05) is 6.92 Å². The predicted molar refractivity (Wildman–Crippen MR) is 45.4 cm³/mol. The van der Waals surface area contributed by atoms with Gasteiger partial charge in [-0.05, 0) is 13.3 Å². The summed E-state index contributed by atoms with van der Waals surface area (Å²) in [7, 11) is 0. The minimum atomic E-state index is -2.90. The summed E-state index contributed by atoms with van der Waals surface area (Å²) >= 11 is 0. The third-order valence-electron chi connectivity index (χ3n) is 1.97. The monoisotopic (exact) mass is 180 g/mol. The zero-order valence-corrected chi connectivity index (χ0v) is 7.82. The van der Waals surface area contributed by atoms with Crippen LogP contribution in [0.15, 0.2) is 0 Å². The summed E-state index contributed by atoms with van der Waals surface area (Å²) in [6.45, 7) is 3.17. The first-order valence-corrected chi connectivity index (χ1v) is 4.56. The van der Waals surface area contributed by atoms with Crippen LogP contribution in [-0.2, 0) is 0 Å². The van der Waals surface area contributed by atoms with Crippen LogP contribution in [0.4, 0.5) is 8.78 Å². The minimum absolute atomic E-state index is 0.190. The second-order valence-electron chi connectivity index (χ2n) is 3.25. The Morgan fingerprint density at radius 1 is 1.25 bits per heavy atom. The zero-order valence-electron chi connectivity index (χ0n) is 7.82. The van der Waals surface area contributed by atoms with E-state index in [0.717, 1.165) is 26.2 Å². The zero-order chi connectivity index (χ0) is 9.61. The molecule has 0 radical (unpaired) electrons. The highest BCUT2D eigenvalue weighted by Crippen LogP contribution is 2.25. The highest BCUT2D eigenvalue weighted by atomic mass is 19.3. The molecule has 1 unspecified atom stereocenters. The first kappa shape index (κ1) is 11.8.